The van der Waals surface area contributed by atoms with Crippen molar-refractivity contribution in [1.29, 1.82) is 0 Å². The van der Waals surface area contributed by atoms with Gasteiger partial charge in [0.15, 0.2) is 5.03 Å². The lowest BCUT2D eigenvalue weighted by Crippen LogP contribution is -2.33. The summed E-state index contributed by atoms with van der Waals surface area (Å²) in [6, 6.07) is -0.0793. The van der Waals surface area contributed by atoms with Crippen molar-refractivity contribution in [3.05, 3.63) is 11.3 Å². The second-order valence-corrected chi connectivity index (χ2v) is 6.46. The molecule has 1 unspecified atom stereocenters. The molecule has 0 spiro atoms. The summed E-state index contributed by atoms with van der Waals surface area (Å²) in [4.78, 5) is 0. The van der Waals surface area contributed by atoms with Crippen LogP contribution in [0.15, 0.2) is 5.03 Å². The zero-order valence-corrected chi connectivity index (χ0v) is 12.9. The lowest BCUT2D eigenvalue weighted by molar-refractivity contribution is 0.530. The van der Waals surface area contributed by atoms with Crippen LogP contribution in [0.25, 0.3) is 0 Å². The maximum absolute atomic E-state index is 12.3. The average molecular weight is 288 g/mol. The minimum absolute atomic E-state index is 0.0793. The van der Waals surface area contributed by atoms with E-state index in [1.165, 1.54) is 0 Å². The van der Waals surface area contributed by atoms with Crippen molar-refractivity contribution in [2.24, 2.45) is 0 Å². The van der Waals surface area contributed by atoms with Crippen LogP contribution in [-0.4, -0.2) is 31.7 Å². The van der Waals surface area contributed by atoms with Crippen LogP contribution >= 0.6 is 0 Å². The van der Waals surface area contributed by atoms with E-state index in [1.807, 2.05) is 13.8 Å². The molecule has 0 fully saturated rings. The normalized spacial score (nSPS) is 13.7. The van der Waals surface area contributed by atoms with Crippen LogP contribution in [0.1, 0.15) is 44.4 Å². The number of sulfonamides is 1. The van der Waals surface area contributed by atoms with Crippen molar-refractivity contribution in [2.45, 2.75) is 57.6 Å². The van der Waals surface area contributed by atoms with Gasteiger partial charge in [-0.05, 0) is 27.3 Å². The predicted molar refractivity (Wildman–Crippen MR) is 75.4 cm³/mol. The molecule has 7 heteroatoms. The molecule has 3 N–H and O–H groups in total. The minimum atomic E-state index is -3.55. The first kappa shape index (κ1) is 16.1. The van der Waals surface area contributed by atoms with E-state index in [9.17, 15) is 8.42 Å². The molecule has 1 heterocycles. The number of aromatic nitrogens is 2. The number of H-pyrrole nitrogens is 1. The summed E-state index contributed by atoms with van der Waals surface area (Å²) in [5.41, 5.74) is 1.47. The van der Waals surface area contributed by atoms with E-state index in [0.29, 0.717) is 12.1 Å². The van der Waals surface area contributed by atoms with Crippen molar-refractivity contribution in [3.8, 4) is 0 Å². The number of nitrogens with zero attached hydrogens (tertiary/aromatic N) is 1. The summed E-state index contributed by atoms with van der Waals surface area (Å²) < 4.78 is 27.3. The van der Waals surface area contributed by atoms with Gasteiger partial charge in [0.25, 0.3) is 10.0 Å². The molecule has 0 aromatic carbocycles. The Morgan fingerprint density at radius 2 is 2.11 bits per heavy atom. The SMILES string of the molecule is CCCCC(C)NS(=O)(=O)c1n[nH]c(C)c1CNC. The lowest BCUT2D eigenvalue weighted by atomic mass is 10.2. The third-order valence-electron chi connectivity index (χ3n) is 2.99. The highest BCUT2D eigenvalue weighted by atomic mass is 32.2. The number of hydrogen-bond acceptors (Lipinski definition) is 4. The Hall–Kier alpha value is -0.920. The first-order valence-corrected chi connectivity index (χ1v) is 8.11. The van der Waals surface area contributed by atoms with Gasteiger partial charge in [0, 0.05) is 23.8 Å². The maximum Gasteiger partial charge on any atom is 0.260 e. The number of hydrogen-bond donors (Lipinski definition) is 3. The molecular formula is C12H24N4O2S. The Labute approximate surface area is 115 Å². The van der Waals surface area contributed by atoms with Gasteiger partial charge in [-0.25, -0.2) is 13.1 Å². The molecule has 1 aromatic heterocycles. The molecule has 6 nitrogen and oxygen atoms in total. The number of rotatable bonds is 8. The van der Waals surface area contributed by atoms with Gasteiger partial charge in [-0.15, -0.1) is 0 Å². The summed E-state index contributed by atoms with van der Waals surface area (Å²) in [5, 5.41) is 9.72. The van der Waals surface area contributed by atoms with E-state index in [2.05, 4.69) is 27.2 Å². The first-order valence-electron chi connectivity index (χ1n) is 6.63. The van der Waals surface area contributed by atoms with Crippen LogP contribution in [0, 0.1) is 6.92 Å². The van der Waals surface area contributed by atoms with Crippen molar-refractivity contribution >= 4 is 10.0 Å². The fourth-order valence-electron chi connectivity index (χ4n) is 1.93. The molecule has 0 radical (unpaired) electrons. The summed E-state index contributed by atoms with van der Waals surface area (Å²) in [6.45, 7) is 6.26. The van der Waals surface area contributed by atoms with Crippen molar-refractivity contribution in [1.82, 2.24) is 20.2 Å². The second kappa shape index (κ2) is 7.02. The molecule has 0 saturated heterocycles. The fraction of sp³-hybridized carbons (Fsp3) is 0.750. The fourth-order valence-corrected chi connectivity index (χ4v) is 3.40. The Morgan fingerprint density at radius 1 is 1.42 bits per heavy atom. The van der Waals surface area contributed by atoms with Crippen LogP contribution in [0.5, 0.6) is 0 Å². The standard InChI is InChI=1S/C12H24N4O2S/c1-5-6-7-9(2)16-19(17,18)12-11(8-13-4)10(3)14-15-12/h9,13,16H,5-8H2,1-4H3,(H,14,15). The van der Waals surface area contributed by atoms with Gasteiger partial charge in [-0.2, -0.15) is 5.10 Å². The van der Waals surface area contributed by atoms with Gasteiger partial charge in [0.2, 0.25) is 0 Å². The topological polar surface area (TPSA) is 86.9 Å². The Balaban J connectivity index is 2.88. The van der Waals surface area contributed by atoms with Gasteiger partial charge >= 0.3 is 0 Å². The molecule has 1 aromatic rings. The van der Waals surface area contributed by atoms with Crippen LogP contribution in [0.4, 0.5) is 0 Å². The second-order valence-electron chi connectivity index (χ2n) is 4.83. The van der Waals surface area contributed by atoms with Crippen LogP contribution in [0.3, 0.4) is 0 Å². The maximum atomic E-state index is 12.3. The van der Waals surface area contributed by atoms with E-state index in [0.717, 1.165) is 25.0 Å². The van der Waals surface area contributed by atoms with Crippen molar-refractivity contribution < 1.29 is 8.42 Å². The molecule has 0 aliphatic rings. The monoisotopic (exact) mass is 288 g/mol. The van der Waals surface area contributed by atoms with Gasteiger partial charge < -0.3 is 5.32 Å². The zero-order chi connectivity index (χ0) is 14.5. The highest BCUT2D eigenvalue weighted by Gasteiger charge is 2.24. The largest absolute Gasteiger partial charge is 0.316 e. The molecule has 0 aliphatic carbocycles. The van der Waals surface area contributed by atoms with E-state index in [-0.39, 0.29) is 11.1 Å². The third-order valence-corrected chi connectivity index (χ3v) is 4.55. The third kappa shape index (κ3) is 4.29. The highest BCUT2D eigenvalue weighted by Crippen LogP contribution is 2.16. The zero-order valence-electron chi connectivity index (χ0n) is 12.1. The first-order chi connectivity index (χ1) is 8.92. The van der Waals surface area contributed by atoms with Crippen LogP contribution < -0.4 is 10.0 Å². The number of nitrogens with one attached hydrogen (secondary N) is 3. The molecule has 1 atom stereocenters. The molecule has 0 saturated carbocycles. The summed E-state index contributed by atoms with van der Waals surface area (Å²) >= 11 is 0. The quantitative estimate of drug-likeness (QED) is 0.673. The average Bonchev–Trinajstić information content (AvgIpc) is 2.69. The van der Waals surface area contributed by atoms with E-state index >= 15 is 0 Å². The molecule has 19 heavy (non-hydrogen) atoms. The van der Waals surface area contributed by atoms with Crippen molar-refractivity contribution in [2.75, 3.05) is 7.05 Å². The Morgan fingerprint density at radius 3 is 2.68 bits per heavy atom. The van der Waals surface area contributed by atoms with Gasteiger partial charge in [-0.3, -0.25) is 5.10 Å². The number of aromatic amines is 1. The van der Waals surface area contributed by atoms with E-state index in [1.54, 1.807) is 7.05 Å². The Bertz CT molecular complexity index is 496. The van der Waals surface area contributed by atoms with E-state index < -0.39 is 10.0 Å². The molecule has 0 bridgehead atoms. The molecule has 0 aliphatic heterocycles. The van der Waals surface area contributed by atoms with E-state index in [4.69, 9.17) is 0 Å². The predicted octanol–water partition coefficient (Wildman–Crippen LogP) is 1.29. The molecule has 0 amide bonds. The number of aryl methyl sites for hydroxylation is 1. The smallest absolute Gasteiger partial charge is 0.260 e. The summed E-state index contributed by atoms with van der Waals surface area (Å²) in [6.07, 6.45) is 2.89. The van der Waals surface area contributed by atoms with Gasteiger partial charge in [-0.1, -0.05) is 19.8 Å². The number of unbranched alkanes of at least 4 members (excludes halogenated alkanes) is 1. The minimum Gasteiger partial charge on any atom is -0.316 e. The van der Waals surface area contributed by atoms with Crippen molar-refractivity contribution in [3.63, 3.8) is 0 Å². The van der Waals surface area contributed by atoms with Gasteiger partial charge in [0.1, 0.15) is 0 Å². The van der Waals surface area contributed by atoms with Crippen LogP contribution in [-0.2, 0) is 16.6 Å². The molecule has 110 valence electrons. The highest BCUT2D eigenvalue weighted by molar-refractivity contribution is 7.89. The summed E-state index contributed by atoms with van der Waals surface area (Å²) in [5.74, 6) is 0. The van der Waals surface area contributed by atoms with Gasteiger partial charge in [0.05, 0.1) is 0 Å². The summed E-state index contributed by atoms with van der Waals surface area (Å²) in [7, 11) is -1.78. The lowest BCUT2D eigenvalue weighted by Gasteiger charge is -2.13. The molecule has 1 rings (SSSR count). The van der Waals surface area contributed by atoms with Crippen LogP contribution in [0.2, 0.25) is 0 Å². The Kier molecular flexibility index (Phi) is 5.96. The molecular weight excluding hydrogens is 264 g/mol.